The Morgan fingerprint density at radius 2 is 1.95 bits per heavy atom. The number of unbranched alkanes of at least 4 members (excludes halogenated alkanes) is 2. The van der Waals surface area contributed by atoms with Crippen LogP contribution >= 0.6 is 0 Å². The summed E-state index contributed by atoms with van der Waals surface area (Å²) >= 11 is 0. The van der Waals surface area contributed by atoms with Crippen LogP contribution in [0.5, 0.6) is 5.75 Å². The molecule has 0 aliphatic rings. The van der Waals surface area contributed by atoms with Gasteiger partial charge in [-0.3, -0.25) is 0 Å². The molecule has 1 aromatic carbocycles. The second-order valence-corrected chi connectivity index (χ2v) is 4.85. The summed E-state index contributed by atoms with van der Waals surface area (Å²) in [7, 11) is 1.63. The van der Waals surface area contributed by atoms with Gasteiger partial charge in [-0.1, -0.05) is 31.9 Å². The second kappa shape index (κ2) is 9.18. The molecule has 20 heavy (non-hydrogen) atoms. The van der Waals surface area contributed by atoms with Crippen LogP contribution in [0.4, 0.5) is 0 Å². The van der Waals surface area contributed by atoms with Gasteiger partial charge in [-0.15, -0.1) is 0 Å². The number of esters is 1. The molecule has 0 aliphatic heterocycles. The van der Waals surface area contributed by atoms with Gasteiger partial charge in [-0.05, 0) is 43.5 Å². The molecule has 1 rings (SSSR count). The van der Waals surface area contributed by atoms with Crippen molar-refractivity contribution in [3.63, 3.8) is 0 Å². The highest BCUT2D eigenvalue weighted by Gasteiger charge is 2.06. The van der Waals surface area contributed by atoms with Gasteiger partial charge < -0.3 is 9.47 Å². The predicted molar refractivity (Wildman–Crippen MR) is 81.7 cm³/mol. The fourth-order valence-electron chi connectivity index (χ4n) is 1.86. The molecule has 1 atom stereocenters. The predicted octanol–water partition coefficient (Wildman–Crippen LogP) is 4.22. The third-order valence-electron chi connectivity index (χ3n) is 3.06. The molecule has 3 heteroatoms. The highest BCUT2D eigenvalue weighted by Crippen LogP contribution is 2.12. The van der Waals surface area contributed by atoms with Gasteiger partial charge in [0, 0.05) is 6.08 Å². The first-order valence-corrected chi connectivity index (χ1v) is 7.18. The molecule has 0 heterocycles. The van der Waals surface area contributed by atoms with Crippen LogP contribution in [0.3, 0.4) is 0 Å². The summed E-state index contributed by atoms with van der Waals surface area (Å²) in [6.07, 6.45) is 7.60. The monoisotopic (exact) mass is 276 g/mol. The van der Waals surface area contributed by atoms with E-state index in [1.807, 2.05) is 31.2 Å². The number of hydrogen-bond acceptors (Lipinski definition) is 3. The zero-order valence-electron chi connectivity index (χ0n) is 12.6. The quantitative estimate of drug-likeness (QED) is 0.405. The first-order valence-electron chi connectivity index (χ1n) is 7.18. The van der Waals surface area contributed by atoms with Gasteiger partial charge in [0.25, 0.3) is 0 Å². The molecule has 0 aromatic heterocycles. The van der Waals surface area contributed by atoms with Crippen LogP contribution < -0.4 is 4.74 Å². The zero-order valence-corrected chi connectivity index (χ0v) is 12.6. The van der Waals surface area contributed by atoms with E-state index in [1.165, 1.54) is 18.9 Å². The van der Waals surface area contributed by atoms with Crippen molar-refractivity contribution in [1.29, 1.82) is 0 Å². The molecule has 0 radical (unpaired) electrons. The largest absolute Gasteiger partial charge is 0.497 e. The van der Waals surface area contributed by atoms with E-state index in [-0.39, 0.29) is 12.1 Å². The number of benzene rings is 1. The topological polar surface area (TPSA) is 35.5 Å². The molecule has 0 saturated carbocycles. The molecule has 1 unspecified atom stereocenters. The van der Waals surface area contributed by atoms with Crippen molar-refractivity contribution in [1.82, 2.24) is 0 Å². The molecular formula is C17H24O3. The Balaban J connectivity index is 2.38. The molecule has 0 N–H and O–H groups in total. The minimum Gasteiger partial charge on any atom is -0.497 e. The Morgan fingerprint density at radius 1 is 1.25 bits per heavy atom. The first-order chi connectivity index (χ1) is 9.65. The lowest BCUT2D eigenvalue weighted by Gasteiger charge is -2.11. The van der Waals surface area contributed by atoms with Gasteiger partial charge >= 0.3 is 5.97 Å². The Labute approximate surface area is 121 Å². The number of ether oxygens (including phenoxy) is 2. The molecule has 0 spiro atoms. The SMILES string of the molecule is CCCCCC(C)OC(=O)C=Cc1ccc(OC)cc1. The maximum Gasteiger partial charge on any atom is 0.331 e. The van der Waals surface area contributed by atoms with Crippen LogP contribution in [0, 0.1) is 0 Å². The van der Waals surface area contributed by atoms with Crippen LogP contribution in [-0.2, 0) is 9.53 Å². The number of carbonyl (C=O) groups excluding carboxylic acids is 1. The highest BCUT2D eigenvalue weighted by atomic mass is 16.5. The molecule has 0 aliphatic carbocycles. The minimum absolute atomic E-state index is 0.0189. The van der Waals surface area contributed by atoms with E-state index < -0.39 is 0 Å². The van der Waals surface area contributed by atoms with Gasteiger partial charge in [0.2, 0.25) is 0 Å². The maximum absolute atomic E-state index is 11.6. The number of methoxy groups -OCH3 is 1. The lowest BCUT2D eigenvalue weighted by atomic mass is 10.1. The first kappa shape index (κ1) is 16.3. The average Bonchev–Trinajstić information content (AvgIpc) is 2.46. The van der Waals surface area contributed by atoms with Crippen molar-refractivity contribution < 1.29 is 14.3 Å². The fourth-order valence-corrected chi connectivity index (χ4v) is 1.86. The van der Waals surface area contributed by atoms with E-state index in [2.05, 4.69) is 6.92 Å². The zero-order chi connectivity index (χ0) is 14.8. The van der Waals surface area contributed by atoms with E-state index in [9.17, 15) is 4.79 Å². The van der Waals surface area contributed by atoms with Gasteiger partial charge in [0.15, 0.2) is 0 Å². The average molecular weight is 276 g/mol. The van der Waals surface area contributed by atoms with E-state index >= 15 is 0 Å². The Bertz CT molecular complexity index is 420. The summed E-state index contributed by atoms with van der Waals surface area (Å²) in [4.78, 5) is 11.6. The Morgan fingerprint density at radius 3 is 2.55 bits per heavy atom. The van der Waals surface area contributed by atoms with E-state index in [0.717, 1.165) is 24.2 Å². The van der Waals surface area contributed by atoms with Gasteiger partial charge in [0.05, 0.1) is 13.2 Å². The number of rotatable bonds is 8. The standard InChI is InChI=1S/C17H24O3/c1-4-5-6-7-14(2)20-17(18)13-10-15-8-11-16(19-3)12-9-15/h8-14H,4-7H2,1-3H3. The third kappa shape index (κ3) is 6.41. The maximum atomic E-state index is 11.6. The Kier molecular flexibility index (Phi) is 7.48. The third-order valence-corrected chi connectivity index (χ3v) is 3.06. The summed E-state index contributed by atoms with van der Waals surface area (Å²) < 4.78 is 10.4. The normalized spacial score (nSPS) is 12.3. The van der Waals surface area contributed by atoms with Crippen molar-refractivity contribution in [2.24, 2.45) is 0 Å². The van der Waals surface area contributed by atoms with Crippen molar-refractivity contribution in [3.8, 4) is 5.75 Å². The smallest absolute Gasteiger partial charge is 0.331 e. The van der Waals surface area contributed by atoms with E-state index in [0.29, 0.717) is 0 Å². The van der Waals surface area contributed by atoms with E-state index in [4.69, 9.17) is 9.47 Å². The summed E-state index contributed by atoms with van der Waals surface area (Å²) in [5.74, 6) is 0.513. The summed E-state index contributed by atoms with van der Waals surface area (Å²) in [6.45, 7) is 4.10. The van der Waals surface area contributed by atoms with Gasteiger partial charge in [0.1, 0.15) is 5.75 Å². The molecule has 0 fully saturated rings. The molecule has 0 saturated heterocycles. The summed E-state index contributed by atoms with van der Waals surface area (Å²) in [6, 6.07) is 7.51. The van der Waals surface area contributed by atoms with Crippen LogP contribution in [0.15, 0.2) is 30.3 Å². The van der Waals surface area contributed by atoms with Crippen molar-refractivity contribution >= 4 is 12.0 Å². The molecule has 1 aromatic rings. The van der Waals surface area contributed by atoms with Crippen LogP contribution in [0.2, 0.25) is 0 Å². The molecule has 0 amide bonds. The van der Waals surface area contributed by atoms with E-state index in [1.54, 1.807) is 13.2 Å². The molecule has 110 valence electrons. The van der Waals surface area contributed by atoms with Crippen LogP contribution in [0.25, 0.3) is 6.08 Å². The van der Waals surface area contributed by atoms with Crippen molar-refractivity contribution in [3.05, 3.63) is 35.9 Å². The van der Waals surface area contributed by atoms with Crippen LogP contribution in [-0.4, -0.2) is 19.2 Å². The lowest BCUT2D eigenvalue weighted by molar-refractivity contribution is -0.142. The second-order valence-electron chi connectivity index (χ2n) is 4.85. The van der Waals surface area contributed by atoms with Gasteiger partial charge in [-0.25, -0.2) is 4.79 Å². The summed E-state index contributed by atoms with van der Waals surface area (Å²) in [5.41, 5.74) is 0.946. The molecule has 0 bridgehead atoms. The minimum atomic E-state index is -0.287. The molecule has 3 nitrogen and oxygen atoms in total. The van der Waals surface area contributed by atoms with Crippen molar-refractivity contribution in [2.75, 3.05) is 7.11 Å². The Hall–Kier alpha value is -1.77. The number of carbonyl (C=O) groups is 1. The number of hydrogen-bond donors (Lipinski definition) is 0. The summed E-state index contributed by atoms with van der Waals surface area (Å²) in [5, 5.41) is 0. The van der Waals surface area contributed by atoms with Crippen LogP contribution in [0.1, 0.15) is 45.1 Å². The van der Waals surface area contributed by atoms with Crippen molar-refractivity contribution in [2.45, 2.75) is 45.6 Å². The lowest BCUT2D eigenvalue weighted by Crippen LogP contribution is -2.12. The fraction of sp³-hybridized carbons (Fsp3) is 0.471. The van der Waals surface area contributed by atoms with Gasteiger partial charge in [-0.2, -0.15) is 0 Å². The highest BCUT2D eigenvalue weighted by molar-refractivity contribution is 5.87. The molecular weight excluding hydrogens is 252 g/mol.